The molecule has 76 valence electrons. The van der Waals surface area contributed by atoms with E-state index in [1.165, 1.54) is 6.42 Å². The van der Waals surface area contributed by atoms with Gasteiger partial charge >= 0.3 is 0 Å². The van der Waals surface area contributed by atoms with Crippen molar-refractivity contribution >= 4 is 17.6 Å². The molecule has 0 saturated carbocycles. The number of hydrogen-bond donors (Lipinski definition) is 1. The van der Waals surface area contributed by atoms with E-state index in [4.69, 9.17) is 5.73 Å². The molecule has 1 aromatic rings. The first-order chi connectivity index (χ1) is 6.68. The number of halogens is 1. The Morgan fingerprint density at radius 2 is 2.29 bits per heavy atom. The molecule has 0 amide bonds. The SMILES string of the molecule is Cc1nc(C2CCCS2)nc(N)c1F. The highest BCUT2D eigenvalue weighted by atomic mass is 32.2. The summed E-state index contributed by atoms with van der Waals surface area (Å²) in [6.07, 6.45) is 2.24. The molecule has 0 radical (unpaired) electrons. The molecular weight excluding hydrogens is 201 g/mol. The summed E-state index contributed by atoms with van der Waals surface area (Å²) in [7, 11) is 0. The zero-order valence-electron chi connectivity index (χ0n) is 7.96. The molecule has 1 aliphatic heterocycles. The van der Waals surface area contributed by atoms with Crippen molar-refractivity contribution < 1.29 is 4.39 Å². The fraction of sp³-hybridized carbons (Fsp3) is 0.556. The molecule has 0 spiro atoms. The predicted octanol–water partition coefficient (Wildman–Crippen LogP) is 2.07. The molecule has 1 aromatic heterocycles. The first kappa shape index (κ1) is 9.71. The van der Waals surface area contributed by atoms with Gasteiger partial charge in [-0.3, -0.25) is 0 Å². The number of rotatable bonds is 1. The van der Waals surface area contributed by atoms with Crippen LogP contribution in [0.1, 0.15) is 29.6 Å². The summed E-state index contributed by atoms with van der Waals surface area (Å²) in [6, 6.07) is 0. The van der Waals surface area contributed by atoms with E-state index in [2.05, 4.69) is 9.97 Å². The van der Waals surface area contributed by atoms with Gasteiger partial charge < -0.3 is 5.73 Å². The lowest BCUT2D eigenvalue weighted by Gasteiger charge is -2.09. The number of nitrogens with zero attached hydrogens (tertiary/aromatic N) is 2. The maximum Gasteiger partial charge on any atom is 0.186 e. The van der Waals surface area contributed by atoms with Crippen molar-refractivity contribution in [2.24, 2.45) is 0 Å². The van der Waals surface area contributed by atoms with Crippen LogP contribution in [-0.4, -0.2) is 15.7 Å². The maximum absolute atomic E-state index is 13.1. The molecule has 1 fully saturated rings. The maximum atomic E-state index is 13.1. The molecular formula is C9H12FN3S. The first-order valence-corrected chi connectivity index (χ1v) is 5.64. The summed E-state index contributed by atoms with van der Waals surface area (Å²) >= 11 is 1.82. The highest BCUT2D eigenvalue weighted by Gasteiger charge is 2.22. The number of nitrogens with two attached hydrogens (primary N) is 1. The van der Waals surface area contributed by atoms with E-state index in [1.807, 2.05) is 11.8 Å². The van der Waals surface area contributed by atoms with Crippen LogP contribution < -0.4 is 5.73 Å². The minimum atomic E-state index is -0.489. The van der Waals surface area contributed by atoms with Gasteiger partial charge in [-0.2, -0.15) is 11.8 Å². The van der Waals surface area contributed by atoms with Crippen molar-refractivity contribution in [3.63, 3.8) is 0 Å². The van der Waals surface area contributed by atoms with Crippen LogP contribution in [0.2, 0.25) is 0 Å². The Labute approximate surface area is 86.3 Å². The Hall–Kier alpha value is -0.840. The van der Waals surface area contributed by atoms with Crippen molar-refractivity contribution in [1.82, 2.24) is 9.97 Å². The second kappa shape index (κ2) is 3.73. The molecule has 2 heterocycles. The second-order valence-electron chi connectivity index (χ2n) is 3.37. The van der Waals surface area contributed by atoms with Crippen LogP contribution in [0.15, 0.2) is 0 Å². The minimum Gasteiger partial charge on any atom is -0.381 e. The summed E-state index contributed by atoms with van der Waals surface area (Å²) < 4.78 is 13.1. The molecule has 5 heteroatoms. The molecule has 0 aliphatic carbocycles. The topological polar surface area (TPSA) is 51.8 Å². The van der Waals surface area contributed by atoms with Crippen molar-refractivity contribution in [3.8, 4) is 0 Å². The van der Waals surface area contributed by atoms with Crippen LogP contribution in [0.3, 0.4) is 0 Å². The molecule has 0 aromatic carbocycles. The molecule has 3 nitrogen and oxygen atoms in total. The highest BCUT2D eigenvalue weighted by Crippen LogP contribution is 2.38. The van der Waals surface area contributed by atoms with E-state index in [-0.39, 0.29) is 5.82 Å². The average molecular weight is 213 g/mol. The van der Waals surface area contributed by atoms with Gasteiger partial charge in [-0.1, -0.05) is 0 Å². The summed E-state index contributed by atoms with van der Waals surface area (Å²) in [5, 5.41) is 0.302. The van der Waals surface area contributed by atoms with Crippen LogP contribution in [0.5, 0.6) is 0 Å². The van der Waals surface area contributed by atoms with Gasteiger partial charge in [-0.25, -0.2) is 14.4 Å². The number of thioether (sulfide) groups is 1. The number of anilines is 1. The highest BCUT2D eigenvalue weighted by molar-refractivity contribution is 7.99. The van der Waals surface area contributed by atoms with Crippen molar-refractivity contribution in [2.45, 2.75) is 25.0 Å². The molecule has 14 heavy (non-hydrogen) atoms. The van der Waals surface area contributed by atoms with Crippen molar-refractivity contribution in [2.75, 3.05) is 11.5 Å². The average Bonchev–Trinajstić information content (AvgIpc) is 2.66. The number of hydrogen-bond acceptors (Lipinski definition) is 4. The fourth-order valence-electron chi connectivity index (χ4n) is 1.53. The summed E-state index contributed by atoms with van der Waals surface area (Å²) in [5.74, 6) is 1.30. The summed E-state index contributed by atoms with van der Waals surface area (Å²) in [6.45, 7) is 1.62. The molecule has 0 bridgehead atoms. The number of aryl methyl sites for hydroxylation is 1. The standard InChI is InChI=1S/C9H12FN3S/c1-5-7(10)8(11)13-9(12-5)6-3-2-4-14-6/h6H,2-4H2,1H3,(H2,11,12,13). The first-order valence-electron chi connectivity index (χ1n) is 4.59. The van der Waals surface area contributed by atoms with Crippen LogP contribution >= 0.6 is 11.8 Å². The Balaban J connectivity index is 2.34. The quantitative estimate of drug-likeness (QED) is 0.776. The molecule has 2 rings (SSSR count). The molecule has 1 unspecified atom stereocenters. The van der Waals surface area contributed by atoms with Crippen molar-refractivity contribution in [3.05, 3.63) is 17.3 Å². The zero-order chi connectivity index (χ0) is 10.1. The van der Waals surface area contributed by atoms with Gasteiger partial charge in [0, 0.05) is 0 Å². The summed E-state index contributed by atoms with van der Waals surface area (Å²) in [4.78, 5) is 8.12. The number of aromatic nitrogens is 2. The third kappa shape index (κ3) is 1.68. The lowest BCUT2D eigenvalue weighted by atomic mass is 10.2. The lowest BCUT2D eigenvalue weighted by molar-refractivity contribution is 0.600. The van der Waals surface area contributed by atoms with E-state index < -0.39 is 5.82 Å². The van der Waals surface area contributed by atoms with Gasteiger partial charge in [0.1, 0.15) is 5.82 Å². The van der Waals surface area contributed by atoms with Gasteiger partial charge in [0.05, 0.1) is 10.9 Å². The van der Waals surface area contributed by atoms with Crippen molar-refractivity contribution in [1.29, 1.82) is 0 Å². The van der Waals surface area contributed by atoms with Crippen LogP contribution in [0.4, 0.5) is 10.2 Å². The van der Waals surface area contributed by atoms with E-state index in [0.29, 0.717) is 16.8 Å². The van der Waals surface area contributed by atoms with Crippen LogP contribution in [-0.2, 0) is 0 Å². The molecule has 2 N–H and O–H groups in total. The van der Waals surface area contributed by atoms with E-state index in [1.54, 1.807) is 6.92 Å². The monoisotopic (exact) mass is 213 g/mol. The predicted molar refractivity (Wildman–Crippen MR) is 55.6 cm³/mol. The third-order valence-corrected chi connectivity index (χ3v) is 3.65. The molecule has 1 aliphatic rings. The summed E-state index contributed by atoms with van der Waals surface area (Å²) in [5.41, 5.74) is 5.80. The van der Waals surface area contributed by atoms with Crippen LogP contribution in [0.25, 0.3) is 0 Å². The van der Waals surface area contributed by atoms with Gasteiger partial charge in [-0.15, -0.1) is 0 Å². The Morgan fingerprint density at radius 3 is 2.86 bits per heavy atom. The second-order valence-corrected chi connectivity index (χ2v) is 4.68. The van der Waals surface area contributed by atoms with Gasteiger partial charge in [-0.05, 0) is 25.5 Å². The minimum absolute atomic E-state index is 0.0278. The molecule has 1 atom stereocenters. The Bertz CT molecular complexity index is 327. The molecule has 1 saturated heterocycles. The van der Waals surface area contributed by atoms with E-state index in [0.717, 1.165) is 12.2 Å². The fourth-order valence-corrected chi connectivity index (χ4v) is 2.73. The van der Waals surface area contributed by atoms with Gasteiger partial charge in [0.15, 0.2) is 11.6 Å². The normalized spacial score (nSPS) is 21.4. The smallest absolute Gasteiger partial charge is 0.186 e. The largest absolute Gasteiger partial charge is 0.381 e. The van der Waals surface area contributed by atoms with Crippen LogP contribution in [0, 0.1) is 12.7 Å². The van der Waals surface area contributed by atoms with Gasteiger partial charge in [0.25, 0.3) is 0 Å². The number of nitrogen functional groups attached to an aromatic ring is 1. The lowest BCUT2D eigenvalue weighted by Crippen LogP contribution is -2.07. The van der Waals surface area contributed by atoms with Gasteiger partial charge in [0.2, 0.25) is 0 Å². The van der Waals surface area contributed by atoms with E-state index >= 15 is 0 Å². The van der Waals surface area contributed by atoms with E-state index in [9.17, 15) is 4.39 Å². The Morgan fingerprint density at radius 1 is 1.50 bits per heavy atom. The zero-order valence-corrected chi connectivity index (χ0v) is 8.77. The Kier molecular flexibility index (Phi) is 2.58. The third-order valence-electron chi connectivity index (χ3n) is 2.28.